The maximum atomic E-state index is 12.4. The van der Waals surface area contributed by atoms with Crippen LogP contribution in [0.5, 0.6) is 0 Å². The van der Waals surface area contributed by atoms with Crippen molar-refractivity contribution in [3.63, 3.8) is 0 Å². The highest BCUT2D eigenvalue weighted by atomic mass is 16.2. The fourth-order valence-corrected chi connectivity index (χ4v) is 3.32. The second-order valence-electron chi connectivity index (χ2n) is 6.95. The van der Waals surface area contributed by atoms with Crippen molar-refractivity contribution in [2.24, 2.45) is 5.92 Å². The van der Waals surface area contributed by atoms with E-state index in [0.717, 1.165) is 25.7 Å². The number of benzene rings is 1. The fraction of sp³-hybridized carbons (Fsp3) is 0.500. The van der Waals surface area contributed by atoms with Crippen molar-refractivity contribution in [3.05, 3.63) is 29.3 Å². The van der Waals surface area contributed by atoms with Gasteiger partial charge in [0.15, 0.2) is 0 Å². The topological polar surface area (TPSA) is 78.5 Å². The highest BCUT2D eigenvalue weighted by molar-refractivity contribution is 6.21. The first-order chi connectivity index (χ1) is 11.5. The predicted molar refractivity (Wildman–Crippen MR) is 91.1 cm³/mol. The van der Waals surface area contributed by atoms with Crippen molar-refractivity contribution in [1.82, 2.24) is 10.2 Å². The van der Waals surface area contributed by atoms with Crippen molar-refractivity contribution < 1.29 is 14.4 Å². The van der Waals surface area contributed by atoms with E-state index in [0.29, 0.717) is 23.4 Å². The molecule has 0 bridgehead atoms. The molecule has 1 fully saturated rings. The average molecular weight is 329 g/mol. The van der Waals surface area contributed by atoms with Crippen molar-refractivity contribution in [1.29, 1.82) is 0 Å². The summed E-state index contributed by atoms with van der Waals surface area (Å²) in [6.07, 6.45) is 4.31. The third-order valence-corrected chi connectivity index (χ3v) is 4.47. The molecule has 2 N–H and O–H groups in total. The summed E-state index contributed by atoms with van der Waals surface area (Å²) in [6.45, 7) is 4.32. The van der Waals surface area contributed by atoms with Gasteiger partial charge in [0.1, 0.15) is 0 Å². The molecule has 1 aromatic rings. The molecule has 1 aromatic carbocycles. The van der Waals surface area contributed by atoms with E-state index in [2.05, 4.69) is 10.6 Å². The lowest BCUT2D eigenvalue weighted by Gasteiger charge is -2.15. The van der Waals surface area contributed by atoms with Crippen molar-refractivity contribution in [2.75, 3.05) is 11.9 Å². The van der Waals surface area contributed by atoms with Crippen LogP contribution in [0.2, 0.25) is 0 Å². The minimum absolute atomic E-state index is 0.210. The molecule has 24 heavy (non-hydrogen) atoms. The lowest BCUT2D eigenvalue weighted by Crippen LogP contribution is -2.36. The lowest BCUT2D eigenvalue weighted by atomic mass is 10.1. The number of nitrogens with zero attached hydrogens (tertiary/aromatic N) is 1. The number of urea groups is 1. The second-order valence-corrected chi connectivity index (χ2v) is 6.95. The quantitative estimate of drug-likeness (QED) is 0.834. The fourth-order valence-electron chi connectivity index (χ4n) is 3.32. The molecule has 3 rings (SSSR count). The number of rotatable bonds is 4. The number of hydrogen-bond acceptors (Lipinski definition) is 3. The molecule has 128 valence electrons. The summed E-state index contributed by atoms with van der Waals surface area (Å²) in [5.74, 6) is -0.337. The summed E-state index contributed by atoms with van der Waals surface area (Å²) in [4.78, 5) is 38.1. The predicted octanol–water partition coefficient (Wildman–Crippen LogP) is 3.00. The van der Waals surface area contributed by atoms with Crippen LogP contribution in [0.15, 0.2) is 18.2 Å². The van der Waals surface area contributed by atoms with E-state index >= 15 is 0 Å². The molecule has 1 saturated carbocycles. The van der Waals surface area contributed by atoms with Crippen LogP contribution >= 0.6 is 0 Å². The zero-order chi connectivity index (χ0) is 17.3. The summed E-state index contributed by atoms with van der Waals surface area (Å²) in [5.41, 5.74) is 1.29. The molecule has 0 atom stereocenters. The number of carbonyl (C=O) groups excluding carboxylic acids is 3. The molecule has 1 heterocycles. The summed E-state index contributed by atoms with van der Waals surface area (Å²) in [6, 6.07) is 4.82. The summed E-state index contributed by atoms with van der Waals surface area (Å²) < 4.78 is 0. The first kappa shape index (κ1) is 16.5. The molecule has 0 spiro atoms. The SMILES string of the molecule is CC(C)CN1C(=O)c2ccc(NC(=O)NC3CCCC3)cc2C1=O. The largest absolute Gasteiger partial charge is 0.335 e. The van der Waals surface area contributed by atoms with E-state index in [4.69, 9.17) is 0 Å². The van der Waals surface area contributed by atoms with Gasteiger partial charge in [-0.3, -0.25) is 14.5 Å². The Hall–Kier alpha value is -2.37. The smallest absolute Gasteiger partial charge is 0.319 e. The minimum Gasteiger partial charge on any atom is -0.335 e. The lowest BCUT2D eigenvalue weighted by molar-refractivity contribution is 0.0636. The van der Waals surface area contributed by atoms with Gasteiger partial charge in [-0.2, -0.15) is 0 Å². The van der Waals surface area contributed by atoms with Gasteiger partial charge in [0, 0.05) is 18.3 Å². The van der Waals surface area contributed by atoms with E-state index in [1.54, 1.807) is 18.2 Å². The van der Waals surface area contributed by atoms with Crippen LogP contribution in [0.1, 0.15) is 60.2 Å². The number of nitrogens with one attached hydrogen (secondary N) is 2. The Labute approximate surface area is 141 Å². The number of fused-ring (bicyclic) bond motifs is 1. The van der Waals surface area contributed by atoms with Gasteiger partial charge in [0.25, 0.3) is 11.8 Å². The Bertz CT molecular complexity index is 678. The molecule has 6 nitrogen and oxygen atoms in total. The molecule has 0 saturated heterocycles. The highest BCUT2D eigenvalue weighted by Crippen LogP contribution is 2.26. The molecule has 2 aliphatic rings. The van der Waals surface area contributed by atoms with Crippen LogP contribution in [-0.2, 0) is 0 Å². The van der Waals surface area contributed by atoms with Gasteiger partial charge in [-0.05, 0) is 37.0 Å². The average Bonchev–Trinajstić information content (AvgIpc) is 3.10. The molecule has 4 amide bonds. The number of anilines is 1. The second kappa shape index (κ2) is 6.63. The van der Waals surface area contributed by atoms with E-state index in [-0.39, 0.29) is 29.8 Å². The van der Waals surface area contributed by atoms with Gasteiger partial charge in [0.05, 0.1) is 11.1 Å². The first-order valence-electron chi connectivity index (χ1n) is 8.53. The van der Waals surface area contributed by atoms with Gasteiger partial charge in [-0.15, -0.1) is 0 Å². The Morgan fingerprint density at radius 2 is 1.83 bits per heavy atom. The van der Waals surface area contributed by atoms with Gasteiger partial charge >= 0.3 is 6.03 Å². The Morgan fingerprint density at radius 1 is 1.17 bits per heavy atom. The van der Waals surface area contributed by atoms with Crippen LogP contribution in [0, 0.1) is 5.92 Å². The number of hydrogen-bond donors (Lipinski definition) is 2. The standard InChI is InChI=1S/C18H23N3O3/c1-11(2)10-21-16(22)14-8-7-13(9-15(14)17(21)23)20-18(24)19-12-5-3-4-6-12/h7-9,11-12H,3-6,10H2,1-2H3,(H2,19,20,24). The third-order valence-electron chi connectivity index (χ3n) is 4.47. The molecule has 1 aliphatic heterocycles. The van der Waals surface area contributed by atoms with Crippen molar-refractivity contribution >= 4 is 23.5 Å². The van der Waals surface area contributed by atoms with Crippen LogP contribution in [0.25, 0.3) is 0 Å². The first-order valence-corrected chi connectivity index (χ1v) is 8.53. The van der Waals surface area contributed by atoms with Crippen LogP contribution < -0.4 is 10.6 Å². The van der Waals surface area contributed by atoms with E-state index in [1.165, 1.54) is 4.90 Å². The molecule has 6 heteroatoms. The normalized spacial score (nSPS) is 17.5. The van der Waals surface area contributed by atoms with Gasteiger partial charge in [0.2, 0.25) is 0 Å². The van der Waals surface area contributed by atoms with E-state index in [1.807, 2.05) is 13.8 Å². The van der Waals surface area contributed by atoms with Crippen LogP contribution in [-0.4, -0.2) is 35.3 Å². The Balaban J connectivity index is 1.71. The molecule has 1 aliphatic carbocycles. The van der Waals surface area contributed by atoms with Crippen molar-refractivity contribution in [3.8, 4) is 0 Å². The number of amides is 4. The molecular formula is C18H23N3O3. The summed E-state index contributed by atoms with van der Waals surface area (Å²) in [5, 5.41) is 5.70. The maximum absolute atomic E-state index is 12.4. The van der Waals surface area contributed by atoms with Gasteiger partial charge in [-0.25, -0.2) is 4.79 Å². The molecule has 0 aromatic heterocycles. The van der Waals surface area contributed by atoms with Crippen LogP contribution in [0.4, 0.5) is 10.5 Å². The van der Waals surface area contributed by atoms with E-state index in [9.17, 15) is 14.4 Å². The Kier molecular flexibility index (Phi) is 4.55. The zero-order valence-electron chi connectivity index (χ0n) is 14.1. The van der Waals surface area contributed by atoms with Crippen LogP contribution in [0.3, 0.4) is 0 Å². The highest BCUT2D eigenvalue weighted by Gasteiger charge is 2.35. The molecule has 0 radical (unpaired) electrons. The third kappa shape index (κ3) is 3.27. The van der Waals surface area contributed by atoms with Gasteiger partial charge < -0.3 is 10.6 Å². The maximum Gasteiger partial charge on any atom is 0.319 e. The van der Waals surface area contributed by atoms with Crippen molar-refractivity contribution in [2.45, 2.75) is 45.6 Å². The summed E-state index contributed by atoms with van der Waals surface area (Å²) in [7, 11) is 0. The molecule has 0 unspecified atom stereocenters. The zero-order valence-corrected chi connectivity index (χ0v) is 14.1. The van der Waals surface area contributed by atoms with Gasteiger partial charge in [-0.1, -0.05) is 26.7 Å². The Morgan fingerprint density at radius 3 is 2.50 bits per heavy atom. The molecular weight excluding hydrogens is 306 g/mol. The minimum atomic E-state index is -0.288. The monoisotopic (exact) mass is 329 g/mol. The van der Waals surface area contributed by atoms with E-state index < -0.39 is 0 Å². The number of imide groups is 1. The number of carbonyl (C=O) groups is 3. The summed E-state index contributed by atoms with van der Waals surface area (Å²) >= 11 is 0.